The maximum atomic E-state index is 2.23. The van der Waals surface area contributed by atoms with Crippen LogP contribution < -0.4 is 0 Å². The van der Waals surface area contributed by atoms with Gasteiger partial charge in [0.25, 0.3) is 0 Å². The van der Waals surface area contributed by atoms with Gasteiger partial charge in [-0.05, 0) is 0 Å². The third kappa shape index (κ3) is 13.0. The first kappa shape index (κ1) is 25.5. The maximum absolute atomic E-state index is 2.23. The van der Waals surface area contributed by atoms with E-state index in [-0.39, 0.29) is 41.1 Å². The van der Waals surface area contributed by atoms with E-state index in [2.05, 4.69) is 62.4 Å². The Bertz CT molecular complexity index is 318. The van der Waals surface area contributed by atoms with Crippen molar-refractivity contribution in [1.82, 2.24) is 0 Å². The molecule has 0 amide bonds. The van der Waals surface area contributed by atoms with Crippen LogP contribution in [-0.4, -0.2) is 0 Å². The van der Waals surface area contributed by atoms with Gasteiger partial charge in [-0.3, -0.25) is 0 Å². The molecule has 0 unspecified atom stereocenters. The van der Waals surface area contributed by atoms with Crippen LogP contribution in [0.4, 0.5) is 0 Å². The van der Waals surface area contributed by atoms with Crippen molar-refractivity contribution in [2.24, 2.45) is 0 Å². The fourth-order valence-electron chi connectivity index (χ4n) is 1.92. The zero-order chi connectivity index (χ0) is 13.1. The SMILES string of the molecule is CCCC[c-]1cccc1.CCCC[c-]1cccc1.[CH3-].[CH3-].[Zr+4]. The first-order valence-electron chi connectivity index (χ1n) is 7.28. The summed E-state index contributed by atoms with van der Waals surface area (Å²) in [6.45, 7) is 4.45. The zero-order valence-corrected chi connectivity index (χ0v) is 16.8. The van der Waals surface area contributed by atoms with E-state index in [0.717, 1.165) is 0 Å². The summed E-state index contributed by atoms with van der Waals surface area (Å²) in [4.78, 5) is 0. The number of rotatable bonds is 6. The average molecular weight is 364 g/mol. The molecule has 0 aliphatic heterocycles. The minimum atomic E-state index is 0. The van der Waals surface area contributed by atoms with Crippen LogP contribution in [0.2, 0.25) is 0 Å². The summed E-state index contributed by atoms with van der Waals surface area (Å²) in [7, 11) is 0. The van der Waals surface area contributed by atoms with E-state index in [0.29, 0.717) is 0 Å². The molecule has 0 atom stereocenters. The Kier molecular flexibility index (Phi) is 21.4. The Hall–Kier alpha value is -0.417. The third-order valence-electron chi connectivity index (χ3n) is 3.10. The van der Waals surface area contributed by atoms with Crippen molar-refractivity contribution >= 4 is 0 Å². The standard InChI is InChI=1S/2C9H13.2CH3.Zr/c2*1-2-3-6-9-7-4-5-8-9;;;/h2*4-5,7-8H,2-3,6H2,1H3;2*1H3;/q4*-1;+4. The molecule has 0 spiro atoms. The predicted molar refractivity (Wildman–Crippen MR) is 94.1 cm³/mol. The van der Waals surface area contributed by atoms with Crippen LogP contribution in [0, 0.1) is 14.9 Å². The van der Waals surface area contributed by atoms with E-state index >= 15 is 0 Å². The normalized spacial score (nSPS) is 8.48. The number of unbranched alkanes of at least 4 members (excludes halogenated alkanes) is 2. The van der Waals surface area contributed by atoms with Gasteiger partial charge in [0.05, 0.1) is 0 Å². The molecule has 0 saturated carbocycles. The fourth-order valence-corrected chi connectivity index (χ4v) is 1.92. The molecule has 1 heteroatoms. The second kappa shape index (κ2) is 17.6. The fraction of sp³-hybridized carbons (Fsp3) is 0.400. The third-order valence-corrected chi connectivity index (χ3v) is 3.10. The smallest absolute Gasteiger partial charge is 0.358 e. The van der Waals surface area contributed by atoms with Crippen LogP contribution in [-0.2, 0) is 39.0 Å². The van der Waals surface area contributed by atoms with Gasteiger partial charge in [0.15, 0.2) is 0 Å². The molecule has 0 bridgehead atoms. The molecule has 0 radical (unpaired) electrons. The Balaban J connectivity index is -0.000000270. The van der Waals surface area contributed by atoms with Crippen LogP contribution in [0.25, 0.3) is 0 Å². The van der Waals surface area contributed by atoms with Gasteiger partial charge in [0.1, 0.15) is 0 Å². The predicted octanol–water partition coefficient (Wildman–Crippen LogP) is 6.39. The van der Waals surface area contributed by atoms with Crippen LogP contribution in [0.5, 0.6) is 0 Å². The summed E-state index contributed by atoms with van der Waals surface area (Å²) in [5.41, 5.74) is 2.97. The van der Waals surface area contributed by atoms with E-state index in [1.165, 1.54) is 49.7 Å². The topological polar surface area (TPSA) is 0 Å². The molecule has 0 nitrogen and oxygen atoms in total. The van der Waals surface area contributed by atoms with Crippen molar-refractivity contribution in [3.63, 3.8) is 0 Å². The summed E-state index contributed by atoms with van der Waals surface area (Å²) in [6.07, 6.45) is 7.75. The zero-order valence-electron chi connectivity index (χ0n) is 14.4. The van der Waals surface area contributed by atoms with E-state index in [1.54, 1.807) is 0 Å². The van der Waals surface area contributed by atoms with Crippen molar-refractivity contribution in [2.45, 2.75) is 52.4 Å². The Morgan fingerprint density at radius 2 is 0.905 bits per heavy atom. The minimum Gasteiger partial charge on any atom is -0.358 e. The van der Waals surface area contributed by atoms with Gasteiger partial charge in [-0.25, -0.2) is 24.3 Å². The summed E-state index contributed by atoms with van der Waals surface area (Å²) >= 11 is 0. The Labute approximate surface area is 152 Å². The van der Waals surface area contributed by atoms with Crippen LogP contribution >= 0.6 is 0 Å². The van der Waals surface area contributed by atoms with E-state index in [4.69, 9.17) is 0 Å². The molecule has 0 aromatic heterocycles. The second-order valence-electron chi connectivity index (χ2n) is 4.79. The molecule has 0 aliphatic carbocycles. The van der Waals surface area contributed by atoms with Gasteiger partial charge in [-0.15, -0.1) is 0 Å². The van der Waals surface area contributed by atoms with Crippen molar-refractivity contribution in [2.75, 3.05) is 0 Å². The van der Waals surface area contributed by atoms with Gasteiger partial charge in [-0.1, -0.05) is 52.4 Å². The van der Waals surface area contributed by atoms with E-state index in [9.17, 15) is 0 Å². The number of aryl methyl sites for hydroxylation is 2. The van der Waals surface area contributed by atoms with Crippen LogP contribution in [0.15, 0.2) is 48.5 Å². The van der Waals surface area contributed by atoms with Gasteiger partial charge in [-0.2, -0.15) is 35.4 Å². The molecule has 21 heavy (non-hydrogen) atoms. The second-order valence-corrected chi connectivity index (χ2v) is 4.79. The number of hydrogen-bond donors (Lipinski definition) is 0. The average Bonchev–Trinajstić information content (AvgIpc) is 3.07. The molecule has 116 valence electrons. The van der Waals surface area contributed by atoms with Crippen LogP contribution in [0.1, 0.15) is 50.7 Å². The van der Waals surface area contributed by atoms with Crippen molar-refractivity contribution in [3.8, 4) is 0 Å². The molecule has 0 N–H and O–H groups in total. The molecule has 0 fully saturated rings. The molecule has 2 aromatic rings. The van der Waals surface area contributed by atoms with Crippen molar-refractivity contribution in [3.05, 3.63) is 74.5 Å². The molecule has 0 saturated heterocycles. The number of hydrogen-bond acceptors (Lipinski definition) is 0. The van der Waals surface area contributed by atoms with Gasteiger partial charge < -0.3 is 14.9 Å². The quantitative estimate of drug-likeness (QED) is 0.521. The van der Waals surface area contributed by atoms with Gasteiger partial charge >= 0.3 is 26.2 Å². The summed E-state index contributed by atoms with van der Waals surface area (Å²) < 4.78 is 0. The first-order chi connectivity index (χ1) is 8.86. The summed E-state index contributed by atoms with van der Waals surface area (Å²) in [6, 6.07) is 17.2. The Morgan fingerprint density at radius 3 is 1.14 bits per heavy atom. The first-order valence-corrected chi connectivity index (χ1v) is 7.28. The maximum Gasteiger partial charge on any atom is 4.00 e. The molecule has 2 aromatic carbocycles. The monoisotopic (exact) mass is 362 g/mol. The van der Waals surface area contributed by atoms with Crippen molar-refractivity contribution < 1.29 is 26.2 Å². The van der Waals surface area contributed by atoms with E-state index < -0.39 is 0 Å². The summed E-state index contributed by atoms with van der Waals surface area (Å²) in [5, 5.41) is 0. The molecular weight excluding hydrogens is 331 g/mol. The minimum absolute atomic E-state index is 0. The van der Waals surface area contributed by atoms with Crippen molar-refractivity contribution in [1.29, 1.82) is 0 Å². The van der Waals surface area contributed by atoms with E-state index in [1.807, 2.05) is 0 Å². The molecular formula is C20H32Zr. The van der Waals surface area contributed by atoms with Crippen LogP contribution in [0.3, 0.4) is 0 Å². The molecule has 0 heterocycles. The summed E-state index contributed by atoms with van der Waals surface area (Å²) in [5.74, 6) is 0. The van der Waals surface area contributed by atoms with Gasteiger partial charge in [0.2, 0.25) is 0 Å². The molecule has 0 aliphatic rings. The molecule has 2 rings (SSSR count). The largest absolute Gasteiger partial charge is 4.00 e. The Morgan fingerprint density at radius 1 is 0.619 bits per heavy atom. The van der Waals surface area contributed by atoms with Gasteiger partial charge in [0, 0.05) is 0 Å².